The number of hydrogen-bond donors (Lipinski definition) is 2. The lowest BCUT2D eigenvalue weighted by molar-refractivity contribution is 0.102. The van der Waals surface area contributed by atoms with Crippen LogP contribution in [0.2, 0.25) is 0 Å². The van der Waals surface area contributed by atoms with E-state index in [2.05, 4.69) is 47.3 Å². The van der Waals surface area contributed by atoms with Crippen LogP contribution in [0.5, 0.6) is 0 Å². The average molecular weight is 417 g/mol. The van der Waals surface area contributed by atoms with Gasteiger partial charge in [0.25, 0.3) is 5.91 Å². The second kappa shape index (κ2) is 9.18. The fourth-order valence-corrected chi connectivity index (χ4v) is 3.90. The van der Waals surface area contributed by atoms with Gasteiger partial charge in [0.15, 0.2) is 0 Å². The first kappa shape index (κ1) is 20.9. The maximum atomic E-state index is 12.6. The fraction of sp³-hybridized carbons (Fsp3) is 0.280. The molecule has 0 atom stereocenters. The van der Waals surface area contributed by atoms with Crippen molar-refractivity contribution in [2.24, 2.45) is 0 Å². The molecule has 4 aromatic rings. The van der Waals surface area contributed by atoms with Gasteiger partial charge in [-0.25, -0.2) is 0 Å². The van der Waals surface area contributed by atoms with E-state index >= 15 is 0 Å². The molecule has 0 aliphatic rings. The van der Waals surface area contributed by atoms with Gasteiger partial charge in [0.2, 0.25) is 0 Å². The number of H-pyrrole nitrogens is 1. The predicted molar refractivity (Wildman–Crippen MR) is 123 cm³/mol. The second-order valence-corrected chi connectivity index (χ2v) is 8.27. The van der Waals surface area contributed by atoms with Gasteiger partial charge in [-0.2, -0.15) is 0 Å². The maximum absolute atomic E-state index is 12.6. The SMILES string of the molecule is CC(C)c1[nH]c2ccc(NC(=O)c3ccccc3)cc2c1CCN(C)Cc1cnoc1. The molecule has 0 saturated heterocycles. The molecule has 0 bridgehead atoms. The van der Waals surface area contributed by atoms with E-state index in [0.29, 0.717) is 11.5 Å². The summed E-state index contributed by atoms with van der Waals surface area (Å²) >= 11 is 0. The smallest absolute Gasteiger partial charge is 0.255 e. The van der Waals surface area contributed by atoms with Gasteiger partial charge >= 0.3 is 0 Å². The average Bonchev–Trinajstić information content (AvgIpc) is 3.40. The number of aromatic amines is 1. The van der Waals surface area contributed by atoms with E-state index < -0.39 is 0 Å². The molecule has 160 valence electrons. The van der Waals surface area contributed by atoms with Crippen LogP contribution in [0, 0.1) is 0 Å². The van der Waals surface area contributed by atoms with Crippen LogP contribution in [-0.4, -0.2) is 34.5 Å². The van der Waals surface area contributed by atoms with Gasteiger partial charge in [-0.1, -0.05) is 37.2 Å². The highest BCUT2D eigenvalue weighted by Gasteiger charge is 2.16. The minimum atomic E-state index is -0.102. The summed E-state index contributed by atoms with van der Waals surface area (Å²) < 4.78 is 4.93. The second-order valence-electron chi connectivity index (χ2n) is 8.27. The molecule has 31 heavy (non-hydrogen) atoms. The monoisotopic (exact) mass is 416 g/mol. The highest BCUT2D eigenvalue weighted by Crippen LogP contribution is 2.30. The predicted octanol–water partition coefficient (Wildman–Crippen LogP) is 5.21. The number of rotatable bonds is 8. The molecule has 0 fully saturated rings. The zero-order chi connectivity index (χ0) is 21.8. The van der Waals surface area contributed by atoms with E-state index in [0.717, 1.165) is 41.7 Å². The molecule has 4 rings (SSSR count). The van der Waals surface area contributed by atoms with Gasteiger partial charge < -0.3 is 19.7 Å². The van der Waals surface area contributed by atoms with Gasteiger partial charge in [0, 0.05) is 46.5 Å². The quantitative estimate of drug-likeness (QED) is 0.414. The summed E-state index contributed by atoms with van der Waals surface area (Å²) in [6.45, 7) is 6.10. The minimum absolute atomic E-state index is 0.102. The molecule has 0 aliphatic heterocycles. The molecule has 0 unspecified atom stereocenters. The first-order valence-electron chi connectivity index (χ1n) is 10.6. The Bertz CT molecular complexity index is 1150. The van der Waals surface area contributed by atoms with Crippen molar-refractivity contribution in [1.29, 1.82) is 0 Å². The number of anilines is 1. The number of nitrogens with zero attached hydrogens (tertiary/aromatic N) is 2. The number of likely N-dealkylation sites (N-methyl/N-ethyl adjacent to an activating group) is 1. The van der Waals surface area contributed by atoms with Gasteiger partial charge in [-0.05, 0) is 55.3 Å². The van der Waals surface area contributed by atoms with Gasteiger partial charge in [0.05, 0.1) is 6.20 Å². The summed E-state index contributed by atoms with van der Waals surface area (Å²) in [5.74, 6) is 0.280. The zero-order valence-electron chi connectivity index (χ0n) is 18.2. The third-order valence-corrected chi connectivity index (χ3v) is 5.49. The molecular weight excluding hydrogens is 388 g/mol. The first-order chi connectivity index (χ1) is 15.0. The number of aromatic nitrogens is 2. The van der Waals surface area contributed by atoms with Crippen molar-refractivity contribution in [3.8, 4) is 0 Å². The van der Waals surface area contributed by atoms with Gasteiger partial charge in [-0.3, -0.25) is 4.79 Å². The van der Waals surface area contributed by atoms with Crippen molar-refractivity contribution in [2.45, 2.75) is 32.7 Å². The van der Waals surface area contributed by atoms with Crippen LogP contribution in [0.3, 0.4) is 0 Å². The Balaban J connectivity index is 1.56. The summed E-state index contributed by atoms with van der Waals surface area (Å²) in [7, 11) is 2.10. The highest BCUT2D eigenvalue weighted by molar-refractivity contribution is 6.05. The lowest BCUT2D eigenvalue weighted by Crippen LogP contribution is -2.20. The lowest BCUT2D eigenvalue weighted by atomic mass is 10.0. The van der Waals surface area contributed by atoms with Gasteiger partial charge in [0.1, 0.15) is 6.26 Å². The molecule has 0 aliphatic carbocycles. The summed E-state index contributed by atoms with van der Waals surface area (Å²) in [5, 5.41) is 7.97. The van der Waals surface area contributed by atoms with Crippen molar-refractivity contribution in [1.82, 2.24) is 15.0 Å². The van der Waals surface area contributed by atoms with Crippen LogP contribution in [0.4, 0.5) is 5.69 Å². The Morgan fingerprint density at radius 3 is 2.71 bits per heavy atom. The molecule has 0 radical (unpaired) electrons. The number of amides is 1. The molecule has 0 spiro atoms. The van der Waals surface area contributed by atoms with Crippen molar-refractivity contribution in [2.75, 3.05) is 18.9 Å². The largest absolute Gasteiger partial charge is 0.364 e. The van der Waals surface area contributed by atoms with Crippen LogP contribution in [0.15, 0.2) is 65.5 Å². The van der Waals surface area contributed by atoms with Crippen molar-refractivity contribution < 1.29 is 9.32 Å². The van der Waals surface area contributed by atoms with Crippen LogP contribution in [-0.2, 0) is 13.0 Å². The standard InChI is InChI=1S/C25H28N4O2/c1-17(2)24-21(11-12-29(3)15-18-14-26-31-16-18)22-13-20(9-10-23(22)28-24)27-25(30)19-7-5-4-6-8-19/h4-10,13-14,16-17,28H,11-12,15H2,1-3H3,(H,27,30). The molecule has 2 N–H and O–H groups in total. The number of carbonyl (C=O) groups is 1. The third kappa shape index (κ3) is 4.86. The van der Waals surface area contributed by atoms with E-state index in [1.807, 2.05) is 42.5 Å². The van der Waals surface area contributed by atoms with E-state index in [1.165, 1.54) is 11.3 Å². The zero-order valence-corrected chi connectivity index (χ0v) is 18.2. The van der Waals surface area contributed by atoms with Crippen LogP contribution in [0.25, 0.3) is 10.9 Å². The van der Waals surface area contributed by atoms with Crippen molar-refractivity contribution in [3.63, 3.8) is 0 Å². The lowest BCUT2D eigenvalue weighted by Gasteiger charge is -2.16. The molecule has 2 aromatic heterocycles. The molecule has 6 heteroatoms. The van der Waals surface area contributed by atoms with E-state index in [1.54, 1.807) is 12.5 Å². The summed E-state index contributed by atoms with van der Waals surface area (Å²) in [6.07, 6.45) is 4.35. The molecule has 1 amide bonds. The van der Waals surface area contributed by atoms with Crippen LogP contribution in [0.1, 0.15) is 46.9 Å². The summed E-state index contributed by atoms with van der Waals surface area (Å²) in [6, 6.07) is 15.4. The van der Waals surface area contributed by atoms with Crippen LogP contribution >= 0.6 is 0 Å². The molecule has 2 aromatic carbocycles. The number of hydrogen-bond acceptors (Lipinski definition) is 4. The maximum Gasteiger partial charge on any atom is 0.255 e. The van der Waals surface area contributed by atoms with E-state index in [9.17, 15) is 4.79 Å². The number of benzene rings is 2. The van der Waals surface area contributed by atoms with Crippen LogP contribution < -0.4 is 5.32 Å². The van der Waals surface area contributed by atoms with E-state index in [4.69, 9.17) is 4.52 Å². The Morgan fingerprint density at radius 2 is 2.00 bits per heavy atom. The molecule has 0 saturated carbocycles. The normalized spacial score (nSPS) is 11.5. The van der Waals surface area contributed by atoms with Gasteiger partial charge in [-0.15, -0.1) is 0 Å². The Labute approximate surface area is 182 Å². The molecule has 6 nitrogen and oxygen atoms in total. The highest BCUT2D eigenvalue weighted by atomic mass is 16.5. The van der Waals surface area contributed by atoms with Crippen molar-refractivity contribution in [3.05, 3.63) is 83.4 Å². The number of fused-ring (bicyclic) bond motifs is 1. The Kier molecular flexibility index (Phi) is 6.18. The number of nitrogens with one attached hydrogen (secondary N) is 2. The Morgan fingerprint density at radius 1 is 1.19 bits per heavy atom. The molecule has 2 heterocycles. The summed E-state index contributed by atoms with van der Waals surface area (Å²) in [4.78, 5) is 18.4. The minimum Gasteiger partial charge on any atom is -0.364 e. The number of carbonyl (C=O) groups excluding carboxylic acids is 1. The molecular formula is C25H28N4O2. The topological polar surface area (TPSA) is 74.2 Å². The Hall–Kier alpha value is -3.38. The fourth-order valence-electron chi connectivity index (χ4n) is 3.90. The first-order valence-corrected chi connectivity index (χ1v) is 10.6. The third-order valence-electron chi connectivity index (χ3n) is 5.49. The summed E-state index contributed by atoms with van der Waals surface area (Å²) in [5.41, 5.74) is 6.16. The van der Waals surface area contributed by atoms with Crippen molar-refractivity contribution >= 4 is 22.5 Å². The van der Waals surface area contributed by atoms with E-state index in [-0.39, 0.29) is 5.91 Å².